The first-order valence-electron chi connectivity index (χ1n) is 8.36. The van der Waals surface area contributed by atoms with Gasteiger partial charge in [0.2, 0.25) is 5.88 Å². The molecule has 2 N–H and O–H groups in total. The van der Waals surface area contributed by atoms with Crippen LogP contribution in [-0.2, 0) is 29.2 Å². The summed E-state index contributed by atoms with van der Waals surface area (Å²) in [5.74, 6) is 0.534. The third-order valence-electron chi connectivity index (χ3n) is 3.54. The molecule has 0 radical (unpaired) electrons. The van der Waals surface area contributed by atoms with E-state index in [0.717, 1.165) is 16.7 Å². The first-order chi connectivity index (χ1) is 12.7. The van der Waals surface area contributed by atoms with Gasteiger partial charge in [-0.25, -0.2) is 9.78 Å². The van der Waals surface area contributed by atoms with Crippen molar-refractivity contribution in [3.05, 3.63) is 59.3 Å². The topological polar surface area (TPSA) is 81.7 Å². The number of rotatable bonds is 10. The van der Waals surface area contributed by atoms with Crippen molar-refractivity contribution >= 4 is 6.03 Å². The molecule has 0 saturated carbocycles. The van der Waals surface area contributed by atoms with Crippen molar-refractivity contribution in [1.82, 2.24) is 15.6 Å². The second kappa shape index (κ2) is 11.1. The maximum Gasteiger partial charge on any atom is 0.315 e. The molecule has 26 heavy (non-hydrogen) atoms. The minimum atomic E-state index is -0.234. The molecule has 0 spiro atoms. The first-order valence-corrected chi connectivity index (χ1v) is 8.36. The quantitative estimate of drug-likeness (QED) is 0.636. The van der Waals surface area contributed by atoms with Gasteiger partial charge in [0.15, 0.2) is 0 Å². The van der Waals surface area contributed by atoms with Crippen LogP contribution in [0.1, 0.15) is 16.7 Å². The Labute approximate surface area is 153 Å². The van der Waals surface area contributed by atoms with Crippen molar-refractivity contribution < 1.29 is 19.0 Å². The SMILES string of the molecule is COCCOc1ccc(CNC(=O)NCc2cccc(COC)c2)cn1. The second-order valence-electron chi connectivity index (χ2n) is 5.64. The largest absolute Gasteiger partial charge is 0.475 e. The molecule has 0 unspecified atom stereocenters. The lowest BCUT2D eigenvalue weighted by Gasteiger charge is -2.09. The van der Waals surface area contributed by atoms with Crippen molar-refractivity contribution in [3.8, 4) is 5.88 Å². The number of aromatic nitrogens is 1. The van der Waals surface area contributed by atoms with E-state index in [1.165, 1.54) is 0 Å². The molecule has 2 rings (SSSR count). The number of nitrogens with one attached hydrogen (secondary N) is 2. The average molecular weight is 359 g/mol. The number of methoxy groups -OCH3 is 2. The van der Waals surface area contributed by atoms with E-state index in [-0.39, 0.29) is 6.03 Å². The molecule has 0 atom stereocenters. The Balaban J connectivity index is 1.72. The van der Waals surface area contributed by atoms with Crippen LogP contribution in [0.15, 0.2) is 42.6 Å². The summed E-state index contributed by atoms with van der Waals surface area (Å²) in [6.07, 6.45) is 1.68. The number of nitrogens with zero attached hydrogens (tertiary/aromatic N) is 1. The van der Waals surface area contributed by atoms with Crippen LogP contribution in [0.5, 0.6) is 5.88 Å². The lowest BCUT2D eigenvalue weighted by molar-refractivity contribution is 0.143. The number of carbonyl (C=O) groups is 1. The normalized spacial score (nSPS) is 10.4. The zero-order valence-electron chi connectivity index (χ0n) is 15.2. The van der Waals surface area contributed by atoms with Crippen LogP contribution in [0.4, 0.5) is 4.79 Å². The van der Waals surface area contributed by atoms with Crippen LogP contribution in [0.25, 0.3) is 0 Å². The third kappa shape index (κ3) is 7.08. The van der Waals surface area contributed by atoms with E-state index >= 15 is 0 Å². The fourth-order valence-electron chi connectivity index (χ4n) is 2.25. The van der Waals surface area contributed by atoms with Crippen molar-refractivity contribution in [2.75, 3.05) is 27.4 Å². The summed E-state index contributed by atoms with van der Waals surface area (Å²) >= 11 is 0. The summed E-state index contributed by atoms with van der Waals surface area (Å²) in [7, 11) is 3.28. The zero-order chi connectivity index (χ0) is 18.6. The van der Waals surface area contributed by atoms with Crippen LogP contribution in [0, 0.1) is 0 Å². The Kier molecular flexibility index (Phi) is 8.38. The lowest BCUT2D eigenvalue weighted by atomic mass is 10.1. The molecule has 0 aliphatic rings. The summed E-state index contributed by atoms with van der Waals surface area (Å²) in [5, 5.41) is 5.64. The van der Waals surface area contributed by atoms with Crippen LogP contribution < -0.4 is 15.4 Å². The summed E-state index contributed by atoms with van der Waals surface area (Å²) in [6.45, 7) is 2.36. The molecule has 1 heterocycles. The molecule has 2 amide bonds. The molecule has 0 aliphatic carbocycles. The van der Waals surface area contributed by atoms with Gasteiger partial charge in [0.05, 0.1) is 13.2 Å². The number of urea groups is 1. The number of benzene rings is 1. The van der Waals surface area contributed by atoms with Gasteiger partial charge in [0.1, 0.15) is 6.61 Å². The van der Waals surface area contributed by atoms with Gasteiger partial charge in [-0.3, -0.25) is 0 Å². The predicted octanol–water partition coefficient (Wildman–Crippen LogP) is 2.25. The van der Waals surface area contributed by atoms with E-state index in [0.29, 0.717) is 38.8 Å². The van der Waals surface area contributed by atoms with E-state index < -0.39 is 0 Å². The molecule has 0 fully saturated rings. The van der Waals surface area contributed by atoms with Gasteiger partial charge >= 0.3 is 6.03 Å². The number of hydrogen-bond acceptors (Lipinski definition) is 5. The maximum atomic E-state index is 11.9. The maximum absolute atomic E-state index is 11.9. The Morgan fingerprint density at radius 2 is 1.73 bits per heavy atom. The molecular weight excluding hydrogens is 334 g/mol. The number of carbonyl (C=O) groups excluding carboxylic acids is 1. The molecule has 1 aromatic heterocycles. The van der Waals surface area contributed by atoms with Crippen molar-refractivity contribution in [3.63, 3.8) is 0 Å². The van der Waals surface area contributed by atoms with E-state index in [1.807, 2.05) is 30.3 Å². The molecule has 0 aliphatic heterocycles. The van der Waals surface area contributed by atoms with Crippen LogP contribution in [0.3, 0.4) is 0 Å². The minimum Gasteiger partial charge on any atom is -0.475 e. The van der Waals surface area contributed by atoms with E-state index in [2.05, 4.69) is 15.6 Å². The summed E-state index contributed by atoms with van der Waals surface area (Å²) in [6, 6.07) is 11.3. The highest BCUT2D eigenvalue weighted by Crippen LogP contribution is 2.08. The molecule has 0 bridgehead atoms. The molecule has 140 valence electrons. The highest BCUT2D eigenvalue weighted by Gasteiger charge is 2.03. The van der Waals surface area contributed by atoms with Crippen LogP contribution in [-0.4, -0.2) is 38.4 Å². The molecule has 1 aromatic carbocycles. The van der Waals surface area contributed by atoms with E-state index in [4.69, 9.17) is 14.2 Å². The van der Waals surface area contributed by atoms with E-state index in [1.54, 1.807) is 26.5 Å². The molecule has 0 saturated heterocycles. The molecule has 2 aromatic rings. The van der Waals surface area contributed by atoms with Crippen LogP contribution >= 0.6 is 0 Å². The second-order valence-corrected chi connectivity index (χ2v) is 5.64. The Morgan fingerprint density at radius 1 is 0.962 bits per heavy atom. The van der Waals surface area contributed by atoms with Crippen LogP contribution in [0.2, 0.25) is 0 Å². The first kappa shape index (κ1) is 19.7. The fraction of sp³-hybridized carbons (Fsp3) is 0.368. The number of amides is 2. The molecule has 7 heteroatoms. The predicted molar refractivity (Wildman–Crippen MR) is 97.8 cm³/mol. The van der Waals surface area contributed by atoms with Gasteiger partial charge in [-0.1, -0.05) is 30.3 Å². The number of hydrogen-bond donors (Lipinski definition) is 2. The van der Waals surface area contributed by atoms with Gasteiger partial charge in [0.25, 0.3) is 0 Å². The van der Waals surface area contributed by atoms with Gasteiger partial charge in [0, 0.05) is 39.6 Å². The minimum absolute atomic E-state index is 0.234. The fourth-order valence-corrected chi connectivity index (χ4v) is 2.25. The van der Waals surface area contributed by atoms with Gasteiger partial charge < -0.3 is 24.8 Å². The average Bonchev–Trinajstić information content (AvgIpc) is 2.66. The van der Waals surface area contributed by atoms with Crippen molar-refractivity contribution in [2.24, 2.45) is 0 Å². The zero-order valence-corrected chi connectivity index (χ0v) is 15.2. The lowest BCUT2D eigenvalue weighted by Crippen LogP contribution is -2.34. The number of pyridine rings is 1. The monoisotopic (exact) mass is 359 g/mol. The van der Waals surface area contributed by atoms with Gasteiger partial charge in [-0.2, -0.15) is 0 Å². The van der Waals surface area contributed by atoms with Crippen molar-refractivity contribution in [2.45, 2.75) is 19.7 Å². The smallest absolute Gasteiger partial charge is 0.315 e. The van der Waals surface area contributed by atoms with Gasteiger partial charge in [-0.15, -0.1) is 0 Å². The molecular formula is C19H25N3O4. The van der Waals surface area contributed by atoms with E-state index in [9.17, 15) is 4.79 Å². The third-order valence-corrected chi connectivity index (χ3v) is 3.54. The Hall–Kier alpha value is -2.64. The Morgan fingerprint density at radius 3 is 2.42 bits per heavy atom. The molecule has 7 nitrogen and oxygen atoms in total. The Bertz CT molecular complexity index is 677. The van der Waals surface area contributed by atoms with Crippen molar-refractivity contribution in [1.29, 1.82) is 0 Å². The standard InChI is InChI=1S/C19H25N3O4/c1-24-8-9-26-18-7-6-17(12-20-18)13-22-19(23)21-11-15-4-3-5-16(10-15)14-25-2/h3-7,10,12H,8-9,11,13-14H2,1-2H3,(H2,21,22,23). The summed E-state index contributed by atoms with van der Waals surface area (Å²) in [5.41, 5.74) is 2.99. The number of ether oxygens (including phenoxy) is 3. The summed E-state index contributed by atoms with van der Waals surface area (Å²) < 4.78 is 15.4. The van der Waals surface area contributed by atoms with Gasteiger partial charge in [-0.05, 0) is 16.7 Å². The summed E-state index contributed by atoms with van der Waals surface area (Å²) in [4.78, 5) is 16.1. The highest BCUT2D eigenvalue weighted by atomic mass is 16.5. The highest BCUT2D eigenvalue weighted by molar-refractivity contribution is 5.73.